The second-order valence-corrected chi connectivity index (χ2v) is 11.0. The van der Waals surface area contributed by atoms with Gasteiger partial charge in [-0.1, -0.05) is 20.8 Å². The van der Waals surface area contributed by atoms with Gasteiger partial charge in [0.25, 0.3) is 0 Å². The second kappa shape index (κ2) is 7.11. The quantitative estimate of drug-likeness (QED) is 0.738. The number of methoxy groups -OCH3 is 1. The fraction of sp³-hybridized carbons (Fsp3) is 0.917. The van der Waals surface area contributed by atoms with Gasteiger partial charge >= 0.3 is 5.97 Å². The van der Waals surface area contributed by atoms with Crippen molar-refractivity contribution in [2.24, 2.45) is 46.3 Å². The molecule has 0 aliphatic heterocycles. The highest BCUT2D eigenvalue weighted by molar-refractivity contribution is 5.83. The van der Waals surface area contributed by atoms with Crippen molar-refractivity contribution in [1.29, 1.82) is 0 Å². The molecular weight excluding hydrogens is 352 g/mol. The van der Waals surface area contributed by atoms with Crippen molar-refractivity contribution in [3.8, 4) is 0 Å². The molecule has 0 saturated heterocycles. The molecule has 0 aromatic rings. The zero-order valence-electron chi connectivity index (χ0n) is 18.1. The molecule has 0 bridgehead atoms. The van der Waals surface area contributed by atoms with Crippen molar-refractivity contribution in [2.45, 2.75) is 84.7 Å². The molecular formula is C24H38O4. The van der Waals surface area contributed by atoms with Crippen LogP contribution in [0.15, 0.2) is 0 Å². The van der Waals surface area contributed by atoms with Crippen LogP contribution in [0, 0.1) is 46.3 Å². The standard InChI is InChI=1S/C24H38O4/c1-14(11-21(26)27)17-5-6-18-22-19(8-10-24(17,18)3)23(2)9-7-16(28-4)12-15(23)13-20(22)25/h14-19,22H,5-13H2,1-4H3,(H,26,27)/t14-,15+,16-,17-,18+,19+,22+,23+,24-/m1/s1. The molecule has 28 heavy (non-hydrogen) atoms. The van der Waals surface area contributed by atoms with Crippen molar-refractivity contribution < 1.29 is 19.4 Å². The lowest BCUT2D eigenvalue weighted by molar-refractivity contribution is -0.162. The Morgan fingerprint density at radius 3 is 2.50 bits per heavy atom. The van der Waals surface area contributed by atoms with Gasteiger partial charge in [-0.15, -0.1) is 0 Å². The number of hydrogen-bond donors (Lipinski definition) is 1. The lowest BCUT2D eigenvalue weighted by atomic mass is 9.44. The lowest BCUT2D eigenvalue weighted by Crippen LogP contribution is -2.57. The van der Waals surface area contributed by atoms with E-state index in [1.165, 1.54) is 6.42 Å². The molecule has 1 N–H and O–H groups in total. The Morgan fingerprint density at radius 1 is 1.14 bits per heavy atom. The summed E-state index contributed by atoms with van der Waals surface area (Å²) in [6.45, 7) is 6.97. The topological polar surface area (TPSA) is 63.6 Å². The predicted molar refractivity (Wildman–Crippen MR) is 108 cm³/mol. The van der Waals surface area contributed by atoms with Gasteiger partial charge in [0, 0.05) is 25.9 Å². The van der Waals surface area contributed by atoms with Gasteiger partial charge in [0.15, 0.2) is 0 Å². The third-order valence-corrected chi connectivity index (χ3v) is 10.0. The largest absolute Gasteiger partial charge is 0.481 e. The first-order valence-corrected chi connectivity index (χ1v) is 11.5. The number of carboxylic acid groups (broad SMARTS) is 1. The van der Waals surface area contributed by atoms with E-state index in [1.54, 1.807) is 0 Å². The lowest BCUT2D eigenvalue weighted by Gasteiger charge is -2.60. The van der Waals surface area contributed by atoms with E-state index in [2.05, 4.69) is 20.8 Å². The van der Waals surface area contributed by atoms with Gasteiger partial charge in [-0.25, -0.2) is 0 Å². The van der Waals surface area contributed by atoms with Crippen molar-refractivity contribution in [2.75, 3.05) is 7.11 Å². The molecule has 4 heteroatoms. The number of carbonyl (C=O) groups is 2. The molecule has 0 amide bonds. The molecule has 0 aromatic heterocycles. The zero-order valence-corrected chi connectivity index (χ0v) is 18.1. The molecule has 4 nitrogen and oxygen atoms in total. The average Bonchev–Trinajstić information content (AvgIpc) is 2.98. The van der Waals surface area contributed by atoms with E-state index in [1.807, 2.05) is 7.11 Å². The fourth-order valence-corrected chi connectivity index (χ4v) is 8.50. The summed E-state index contributed by atoms with van der Waals surface area (Å²) in [5, 5.41) is 9.29. The van der Waals surface area contributed by atoms with Crippen molar-refractivity contribution >= 4 is 11.8 Å². The van der Waals surface area contributed by atoms with Crippen molar-refractivity contribution in [3.05, 3.63) is 0 Å². The zero-order chi connectivity index (χ0) is 20.3. The third kappa shape index (κ3) is 2.97. The van der Waals surface area contributed by atoms with E-state index in [0.717, 1.165) is 44.9 Å². The molecule has 0 heterocycles. The van der Waals surface area contributed by atoms with Gasteiger partial charge < -0.3 is 9.84 Å². The Bertz CT molecular complexity index is 645. The average molecular weight is 391 g/mol. The number of rotatable bonds is 4. The summed E-state index contributed by atoms with van der Waals surface area (Å²) in [4.78, 5) is 24.7. The normalized spacial score (nSPS) is 49.1. The van der Waals surface area contributed by atoms with E-state index < -0.39 is 5.97 Å². The van der Waals surface area contributed by atoms with Crippen LogP contribution in [-0.4, -0.2) is 30.1 Å². The van der Waals surface area contributed by atoms with Crippen LogP contribution < -0.4 is 0 Å². The molecule has 4 aliphatic rings. The Balaban J connectivity index is 1.59. The maximum absolute atomic E-state index is 13.4. The first kappa shape index (κ1) is 20.4. The van der Waals surface area contributed by atoms with Crippen LogP contribution in [0.5, 0.6) is 0 Å². The van der Waals surface area contributed by atoms with Gasteiger partial charge in [0.1, 0.15) is 5.78 Å². The summed E-state index contributed by atoms with van der Waals surface area (Å²) >= 11 is 0. The molecule has 0 radical (unpaired) electrons. The van der Waals surface area contributed by atoms with E-state index in [9.17, 15) is 14.7 Å². The highest BCUT2D eigenvalue weighted by Gasteiger charge is 2.63. The maximum Gasteiger partial charge on any atom is 0.303 e. The summed E-state index contributed by atoms with van der Waals surface area (Å²) < 4.78 is 5.65. The van der Waals surface area contributed by atoms with Crippen molar-refractivity contribution in [1.82, 2.24) is 0 Å². The maximum atomic E-state index is 13.4. The first-order chi connectivity index (χ1) is 13.2. The van der Waals surface area contributed by atoms with Crippen LogP contribution in [-0.2, 0) is 14.3 Å². The highest BCUT2D eigenvalue weighted by Crippen LogP contribution is 2.67. The molecule has 9 atom stereocenters. The fourth-order valence-electron chi connectivity index (χ4n) is 8.50. The van der Waals surface area contributed by atoms with E-state index >= 15 is 0 Å². The minimum atomic E-state index is -0.688. The van der Waals surface area contributed by atoms with Crippen LogP contribution in [0.2, 0.25) is 0 Å². The molecule has 0 spiro atoms. The number of Topliss-reactive ketones (excluding diaryl/α,β-unsaturated/α-hetero) is 1. The van der Waals surface area contributed by atoms with Gasteiger partial charge in [-0.2, -0.15) is 0 Å². The van der Waals surface area contributed by atoms with Crippen LogP contribution >= 0.6 is 0 Å². The van der Waals surface area contributed by atoms with Gasteiger partial charge in [0.2, 0.25) is 0 Å². The molecule has 4 aliphatic carbocycles. The Hall–Kier alpha value is -0.900. The van der Waals surface area contributed by atoms with Gasteiger partial charge in [-0.05, 0) is 85.4 Å². The first-order valence-electron chi connectivity index (χ1n) is 11.5. The highest BCUT2D eigenvalue weighted by atomic mass is 16.5. The number of carboxylic acids is 1. The minimum absolute atomic E-state index is 0.138. The molecule has 4 rings (SSSR count). The summed E-state index contributed by atoms with van der Waals surface area (Å²) in [7, 11) is 1.81. The summed E-state index contributed by atoms with van der Waals surface area (Å²) in [6.07, 6.45) is 9.19. The second-order valence-electron chi connectivity index (χ2n) is 11.0. The molecule has 4 saturated carbocycles. The number of aliphatic carboxylic acids is 1. The van der Waals surface area contributed by atoms with Crippen LogP contribution in [0.25, 0.3) is 0 Å². The number of carbonyl (C=O) groups excluding carboxylic acids is 1. The molecule has 0 aromatic carbocycles. The van der Waals surface area contributed by atoms with Gasteiger partial charge in [-0.3, -0.25) is 9.59 Å². The monoisotopic (exact) mass is 390 g/mol. The van der Waals surface area contributed by atoms with E-state index in [4.69, 9.17) is 4.74 Å². The van der Waals surface area contributed by atoms with E-state index in [-0.39, 0.29) is 29.1 Å². The van der Waals surface area contributed by atoms with E-state index in [0.29, 0.717) is 35.6 Å². The summed E-state index contributed by atoms with van der Waals surface area (Å²) in [5.74, 6) is 2.12. The summed E-state index contributed by atoms with van der Waals surface area (Å²) in [6, 6.07) is 0. The molecule has 0 unspecified atom stereocenters. The smallest absolute Gasteiger partial charge is 0.303 e. The SMILES string of the molecule is CO[C@@H]1CC[C@@]2(C)[C@H](CC(=O)[C@@H]3[C@@H]2CC[C@]2(C)[C@@H]([C@H](C)CC(=O)O)CC[C@@H]32)C1. The summed E-state index contributed by atoms with van der Waals surface area (Å²) in [5.41, 5.74) is 0.415. The third-order valence-electron chi connectivity index (χ3n) is 10.0. The number of hydrogen-bond acceptors (Lipinski definition) is 3. The van der Waals surface area contributed by atoms with Crippen LogP contribution in [0.3, 0.4) is 0 Å². The van der Waals surface area contributed by atoms with Crippen molar-refractivity contribution in [3.63, 3.8) is 0 Å². The Morgan fingerprint density at radius 2 is 1.82 bits per heavy atom. The number of ether oxygens (including phenoxy) is 1. The Kier molecular flexibility index (Phi) is 5.17. The number of fused-ring (bicyclic) bond motifs is 5. The predicted octanol–water partition coefficient (Wildman–Crippen LogP) is 4.95. The van der Waals surface area contributed by atoms with Gasteiger partial charge in [0.05, 0.1) is 6.10 Å². The molecule has 4 fully saturated rings. The Labute approximate surface area is 169 Å². The van der Waals surface area contributed by atoms with Crippen LogP contribution in [0.4, 0.5) is 0 Å². The molecule has 158 valence electrons. The minimum Gasteiger partial charge on any atom is -0.481 e. The number of ketones is 1. The van der Waals surface area contributed by atoms with Crippen LogP contribution in [0.1, 0.15) is 78.6 Å².